The summed E-state index contributed by atoms with van der Waals surface area (Å²) in [6, 6.07) is 4.15. The Kier molecular flexibility index (Phi) is 7.01. The smallest absolute Gasteiger partial charge is 0.118 e. The first-order valence-corrected chi connectivity index (χ1v) is 6.73. The summed E-state index contributed by atoms with van der Waals surface area (Å²) in [7, 11) is 6.32. The Labute approximate surface area is 111 Å². The van der Waals surface area contributed by atoms with Crippen molar-refractivity contribution in [2.75, 3.05) is 40.8 Å². The maximum atomic E-state index is 5.79. The molecule has 1 N–H and O–H groups in total. The van der Waals surface area contributed by atoms with Crippen LogP contribution in [-0.2, 0) is 13.1 Å². The van der Waals surface area contributed by atoms with Crippen LogP contribution in [0.1, 0.15) is 24.9 Å². The van der Waals surface area contributed by atoms with Gasteiger partial charge in [-0.25, -0.2) is 0 Å². The molecule has 4 heteroatoms. The molecule has 0 aliphatic rings. The Hall–Kier alpha value is -0.840. The molecule has 0 amide bonds. The van der Waals surface area contributed by atoms with Gasteiger partial charge in [-0.1, -0.05) is 6.92 Å². The van der Waals surface area contributed by atoms with Gasteiger partial charge in [0.15, 0.2) is 0 Å². The van der Waals surface area contributed by atoms with Gasteiger partial charge >= 0.3 is 0 Å². The highest BCUT2D eigenvalue weighted by Gasteiger charge is 2.05. The number of furan rings is 1. The van der Waals surface area contributed by atoms with E-state index in [1.807, 2.05) is 0 Å². The number of likely N-dealkylation sites (N-methyl/N-ethyl adjacent to an activating group) is 2. The van der Waals surface area contributed by atoms with Crippen molar-refractivity contribution in [2.45, 2.75) is 26.4 Å². The number of nitrogens with zero attached hydrogens (tertiary/aromatic N) is 2. The Morgan fingerprint density at radius 3 is 2.50 bits per heavy atom. The molecule has 0 aromatic carbocycles. The number of hydrogen-bond acceptors (Lipinski definition) is 4. The van der Waals surface area contributed by atoms with E-state index in [1.165, 1.54) is 0 Å². The zero-order valence-electron chi connectivity index (χ0n) is 12.2. The van der Waals surface area contributed by atoms with Gasteiger partial charge in [-0.3, -0.25) is 4.90 Å². The molecule has 0 unspecified atom stereocenters. The molecule has 0 saturated heterocycles. The first kappa shape index (κ1) is 15.2. The van der Waals surface area contributed by atoms with Crippen LogP contribution in [0, 0.1) is 0 Å². The minimum atomic E-state index is 0.829. The average Bonchev–Trinajstić information content (AvgIpc) is 2.74. The number of nitrogens with one attached hydrogen (secondary N) is 1. The van der Waals surface area contributed by atoms with Crippen LogP contribution in [0.5, 0.6) is 0 Å². The summed E-state index contributed by atoms with van der Waals surface area (Å²) in [4.78, 5) is 4.47. The topological polar surface area (TPSA) is 31.6 Å². The zero-order chi connectivity index (χ0) is 13.4. The minimum Gasteiger partial charge on any atom is -0.463 e. The molecule has 0 atom stereocenters. The van der Waals surface area contributed by atoms with Gasteiger partial charge in [-0.15, -0.1) is 0 Å². The van der Waals surface area contributed by atoms with Crippen molar-refractivity contribution in [3.8, 4) is 0 Å². The van der Waals surface area contributed by atoms with Crippen molar-refractivity contribution in [1.29, 1.82) is 0 Å². The maximum absolute atomic E-state index is 5.79. The largest absolute Gasteiger partial charge is 0.463 e. The summed E-state index contributed by atoms with van der Waals surface area (Å²) >= 11 is 0. The van der Waals surface area contributed by atoms with Gasteiger partial charge in [0.25, 0.3) is 0 Å². The molecule has 1 heterocycles. The number of rotatable bonds is 9. The lowest BCUT2D eigenvalue weighted by molar-refractivity contribution is 0.255. The SMILES string of the molecule is CCCNCc1ccc(CN(C)CCN(C)C)o1. The molecule has 1 aromatic heterocycles. The highest BCUT2D eigenvalue weighted by molar-refractivity contribution is 5.06. The maximum Gasteiger partial charge on any atom is 0.118 e. The van der Waals surface area contributed by atoms with Gasteiger partial charge in [0, 0.05) is 13.1 Å². The van der Waals surface area contributed by atoms with Crippen LogP contribution >= 0.6 is 0 Å². The fraction of sp³-hybridized carbons (Fsp3) is 0.714. The van der Waals surface area contributed by atoms with Crippen LogP contribution in [0.4, 0.5) is 0 Å². The van der Waals surface area contributed by atoms with E-state index in [-0.39, 0.29) is 0 Å². The second-order valence-electron chi connectivity index (χ2n) is 5.09. The van der Waals surface area contributed by atoms with Crippen molar-refractivity contribution >= 4 is 0 Å². The van der Waals surface area contributed by atoms with Crippen molar-refractivity contribution in [3.63, 3.8) is 0 Å². The normalized spacial score (nSPS) is 11.7. The van der Waals surface area contributed by atoms with E-state index < -0.39 is 0 Å². The summed E-state index contributed by atoms with van der Waals surface area (Å²) in [5.74, 6) is 2.07. The molecule has 18 heavy (non-hydrogen) atoms. The second kappa shape index (κ2) is 8.29. The van der Waals surface area contributed by atoms with Gasteiger partial charge < -0.3 is 14.6 Å². The molecule has 0 bridgehead atoms. The van der Waals surface area contributed by atoms with Gasteiger partial charge in [-0.2, -0.15) is 0 Å². The van der Waals surface area contributed by atoms with E-state index in [2.05, 4.69) is 55.3 Å². The molecule has 1 rings (SSSR count). The predicted molar refractivity (Wildman–Crippen MR) is 75.6 cm³/mol. The third-order valence-corrected chi connectivity index (χ3v) is 2.80. The van der Waals surface area contributed by atoms with Crippen molar-refractivity contribution in [2.24, 2.45) is 0 Å². The van der Waals surface area contributed by atoms with Gasteiger partial charge in [0.1, 0.15) is 11.5 Å². The molecule has 0 saturated carbocycles. The Morgan fingerprint density at radius 1 is 1.11 bits per heavy atom. The molecular formula is C14H27N3O. The van der Waals surface area contributed by atoms with Crippen molar-refractivity contribution in [3.05, 3.63) is 23.7 Å². The Bertz CT molecular complexity index is 323. The summed E-state index contributed by atoms with van der Waals surface area (Å²) in [5, 5.41) is 3.34. The van der Waals surface area contributed by atoms with Crippen LogP contribution in [0.15, 0.2) is 16.5 Å². The van der Waals surface area contributed by atoms with Crippen LogP contribution in [-0.4, -0.2) is 50.6 Å². The van der Waals surface area contributed by atoms with E-state index in [4.69, 9.17) is 4.42 Å². The van der Waals surface area contributed by atoms with E-state index >= 15 is 0 Å². The monoisotopic (exact) mass is 253 g/mol. The fourth-order valence-corrected chi connectivity index (χ4v) is 1.71. The highest BCUT2D eigenvalue weighted by atomic mass is 16.3. The van der Waals surface area contributed by atoms with Crippen LogP contribution in [0.25, 0.3) is 0 Å². The zero-order valence-corrected chi connectivity index (χ0v) is 12.2. The number of hydrogen-bond donors (Lipinski definition) is 1. The lowest BCUT2D eigenvalue weighted by Gasteiger charge is -2.17. The average molecular weight is 253 g/mol. The second-order valence-corrected chi connectivity index (χ2v) is 5.09. The van der Waals surface area contributed by atoms with Crippen LogP contribution in [0.2, 0.25) is 0 Å². The summed E-state index contributed by atoms with van der Waals surface area (Å²) < 4.78 is 5.79. The molecular weight excluding hydrogens is 226 g/mol. The van der Waals surface area contributed by atoms with Crippen molar-refractivity contribution in [1.82, 2.24) is 15.1 Å². The van der Waals surface area contributed by atoms with Crippen LogP contribution < -0.4 is 5.32 Å². The molecule has 0 radical (unpaired) electrons. The summed E-state index contributed by atoms with van der Waals surface area (Å²) in [6.45, 7) is 7.04. The molecule has 0 spiro atoms. The van der Waals surface area contributed by atoms with E-state index in [1.54, 1.807) is 0 Å². The Balaban J connectivity index is 2.29. The first-order chi connectivity index (χ1) is 8.61. The fourth-order valence-electron chi connectivity index (χ4n) is 1.71. The van der Waals surface area contributed by atoms with Gasteiger partial charge in [0.2, 0.25) is 0 Å². The molecule has 104 valence electrons. The molecule has 0 aliphatic heterocycles. The standard InChI is InChI=1S/C14H27N3O/c1-5-8-15-11-13-6-7-14(18-13)12-17(4)10-9-16(2)3/h6-7,15H,5,8-12H2,1-4H3. The van der Waals surface area contributed by atoms with E-state index in [0.717, 1.165) is 50.7 Å². The lowest BCUT2D eigenvalue weighted by Crippen LogP contribution is -2.28. The predicted octanol–water partition coefficient (Wildman–Crippen LogP) is 1.77. The third-order valence-electron chi connectivity index (χ3n) is 2.80. The lowest BCUT2D eigenvalue weighted by atomic mass is 10.4. The summed E-state index contributed by atoms with van der Waals surface area (Å²) in [5.41, 5.74) is 0. The first-order valence-electron chi connectivity index (χ1n) is 6.73. The highest BCUT2D eigenvalue weighted by Crippen LogP contribution is 2.09. The Morgan fingerprint density at radius 2 is 1.83 bits per heavy atom. The third kappa shape index (κ3) is 6.19. The van der Waals surface area contributed by atoms with E-state index in [9.17, 15) is 0 Å². The van der Waals surface area contributed by atoms with Crippen molar-refractivity contribution < 1.29 is 4.42 Å². The van der Waals surface area contributed by atoms with Crippen LogP contribution in [0.3, 0.4) is 0 Å². The van der Waals surface area contributed by atoms with Gasteiger partial charge in [0.05, 0.1) is 13.1 Å². The molecule has 1 aromatic rings. The molecule has 0 aliphatic carbocycles. The summed E-state index contributed by atoms with van der Waals surface area (Å²) in [6.07, 6.45) is 1.15. The minimum absolute atomic E-state index is 0.829. The van der Waals surface area contributed by atoms with E-state index in [0.29, 0.717) is 0 Å². The molecule has 4 nitrogen and oxygen atoms in total. The van der Waals surface area contributed by atoms with Gasteiger partial charge in [-0.05, 0) is 46.2 Å². The molecule has 0 fully saturated rings. The quantitative estimate of drug-likeness (QED) is 0.680.